The van der Waals surface area contributed by atoms with Gasteiger partial charge < -0.3 is 22.6 Å². The lowest BCUT2D eigenvalue weighted by Gasteiger charge is -2.60. The molecule has 0 aromatic heterocycles. The molecule has 43 atom stereocenters. The van der Waals surface area contributed by atoms with Gasteiger partial charge in [-0.15, -0.1) is 0 Å². The van der Waals surface area contributed by atoms with Crippen LogP contribution in [0.5, 0.6) is 0 Å². The molecule has 0 amide bonds. The van der Waals surface area contributed by atoms with Crippen LogP contribution in [0.3, 0.4) is 0 Å². The van der Waals surface area contributed by atoms with E-state index in [-0.39, 0.29) is 16.2 Å². The quantitative estimate of drug-likeness (QED) is 0.112. The Hall–Kier alpha value is -0.530. The van der Waals surface area contributed by atoms with E-state index in [0.717, 1.165) is 96.2 Å². The molecule has 20 aliphatic carbocycles. The number of carbonyl (C=O) groups is 2. The van der Waals surface area contributed by atoms with E-state index in [1.165, 1.54) is 269 Å². The fourth-order valence-corrected chi connectivity index (χ4v) is 40.4. The van der Waals surface area contributed by atoms with Gasteiger partial charge in [0.15, 0.2) is 5.78 Å². The van der Waals surface area contributed by atoms with Crippen molar-refractivity contribution in [3.8, 4) is 0 Å². The Bertz CT molecular complexity index is 4160. The van der Waals surface area contributed by atoms with Gasteiger partial charge in [0.25, 0.3) is 0 Å². The van der Waals surface area contributed by atoms with Gasteiger partial charge in [-0.3, -0.25) is 9.59 Å². The van der Waals surface area contributed by atoms with Crippen LogP contribution in [0.25, 0.3) is 0 Å². The molecule has 726 valence electrons. The first-order valence-electron chi connectivity index (χ1n) is 55.3. The van der Waals surface area contributed by atoms with Gasteiger partial charge in [0, 0.05) is 64.6 Å². The molecule has 0 N–H and O–H groups in total. The largest absolute Gasteiger partial charge is 0.362 e. The zero-order valence-corrected chi connectivity index (χ0v) is 91.4. The van der Waals surface area contributed by atoms with Crippen LogP contribution >= 0.6 is 47.3 Å². The molecule has 12 heteroatoms. The van der Waals surface area contributed by atoms with E-state index < -0.39 is 0 Å². The normalized spacial score (nSPS) is 48.8. The molecule has 0 aromatic rings. The first-order valence-corrected chi connectivity index (χ1v) is 57.7. The third kappa shape index (κ3) is 17.6. The molecule has 0 heterocycles. The molecule has 7 nitrogen and oxygen atoms in total. The van der Waals surface area contributed by atoms with E-state index in [2.05, 4.69) is 227 Å². The average Bonchev–Trinajstić information content (AvgIpc) is 1.65. The fraction of sp³-hybridized carbons (Fsp3) is 0.863. The number of rotatable bonds is 16. The van der Waals surface area contributed by atoms with Crippen LogP contribution in [-0.2, 0) is 32.2 Å². The second-order valence-electron chi connectivity index (χ2n) is 51.4. The van der Waals surface area contributed by atoms with E-state index in [4.69, 9.17) is 22.6 Å². The second-order valence-corrected chi connectivity index (χ2v) is 52.8. The lowest BCUT2D eigenvalue weighted by Crippen LogP contribution is -2.57. The molecule has 20 aliphatic rings. The van der Waals surface area contributed by atoms with Crippen molar-refractivity contribution in [2.24, 2.45) is 190 Å². The zero-order valence-electron chi connectivity index (χ0n) is 85.6. The summed E-state index contributed by atoms with van der Waals surface area (Å²) < 4.78 is 28.2. The second kappa shape index (κ2) is 40.5. The third-order valence-electron chi connectivity index (χ3n) is 46.6. The predicted octanol–water partition coefficient (Wildman–Crippen LogP) is 32.9. The van der Waals surface area contributed by atoms with Gasteiger partial charge in [-0.25, -0.2) is 0 Å². The van der Waals surface area contributed by atoms with Crippen molar-refractivity contribution in [2.75, 3.05) is 0 Å². The summed E-state index contributed by atoms with van der Waals surface area (Å²) in [6, 6.07) is 0. The summed E-state index contributed by atoms with van der Waals surface area (Å²) in [5.41, 5.74) is 13.8. The van der Waals surface area contributed by atoms with Crippen molar-refractivity contribution in [2.45, 2.75) is 445 Å². The minimum absolute atomic E-state index is 0.0285. The predicted molar refractivity (Wildman–Crippen MR) is 556 cm³/mol. The lowest BCUT2D eigenvalue weighted by atomic mass is 9.44. The minimum Gasteiger partial charge on any atom is -0.362 e. The summed E-state index contributed by atoms with van der Waals surface area (Å²) in [5.74, 6) is 18.7. The molecular formula is C117H191O7P5. The van der Waals surface area contributed by atoms with Crippen LogP contribution in [-0.4, -0.2) is 42.1 Å². The van der Waals surface area contributed by atoms with Crippen LogP contribution in [0, 0.1) is 190 Å². The van der Waals surface area contributed by atoms with E-state index in [0.29, 0.717) is 139 Å². The molecular weight excluding hydrogens is 1670 g/mol. The number of ketones is 2. The average molecular weight is 1860 g/mol. The van der Waals surface area contributed by atoms with Crippen molar-refractivity contribution in [1.82, 2.24) is 0 Å². The van der Waals surface area contributed by atoms with Crippen molar-refractivity contribution in [1.29, 1.82) is 0 Å². The first-order chi connectivity index (χ1) is 61.6. The molecule has 15 fully saturated rings. The number of allylic oxidation sites excluding steroid dienone is 14. The Morgan fingerprint density at radius 3 is 1.26 bits per heavy atom. The van der Waals surface area contributed by atoms with Gasteiger partial charge in [-0.2, -0.15) is 0 Å². The zero-order chi connectivity index (χ0) is 92.1. The van der Waals surface area contributed by atoms with Crippen molar-refractivity contribution < 1.29 is 32.2 Å². The summed E-state index contributed by atoms with van der Waals surface area (Å²) in [4.78, 5) is 27.3. The van der Waals surface area contributed by atoms with Gasteiger partial charge in [-0.1, -0.05) is 232 Å². The number of hydrogen-bond donors (Lipinski definition) is 0. The summed E-state index contributed by atoms with van der Waals surface area (Å²) in [6.07, 6.45) is 79.4. The maximum absolute atomic E-state index is 13.7. The number of carbonyl (C=O) groups excluding carboxylic acids is 2. The standard InChI is InChI=1S/C24H41O2P.C24H39O2P.C24H41OP.C24H37OP.C21H33OP/c2*1-5-6-15(2)19-9-10-20-18-8-7-16-13-17(26-27)11-12-23(16,3)21(18)14-22(25)24(19,20)4;2*1-5-6-16(2)20-9-10-21-19-8-7-17-15-18(25-26)11-13-23(17,3)22(19)12-14-24(20,21)4;1-4-14-6-8-18-17-7-5-15-13-16(22-23)9-11-21(15,3)19(17)10-12-20(14,18)2/h15-21H,5-14,27H2,1-4H3;14-20H,5-13,27H2,1-4H3;12,16-21H,5-11,13-15,26H2,1-4H3;5-6,9,12,16-19,21H,7-8,10-11,13-15,26H2,1-4H3;4,10,15-18H,5-9,11-13,23H2,1-3H3/b;;;;14-4-/t15-,16-,17-,18+,19?,20+,21+,23+,24-;15-,16-,17-,18+,19?,20+,23+,24-;16-,17-,18-,19+,20?,21+,23+,24-;16-,17-,18-,19+,21+,23+,24-;15-,16-,17+,18+,20-,21+/m11111/s1. The van der Waals surface area contributed by atoms with Crippen LogP contribution < -0.4 is 0 Å². The number of hydrogen-bond acceptors (Lipinski definition) is 7. The highest BCUT2D eigenvalue weighted by molar-refractivity contribution is 7.10. The van der Waals surface area contributed by atoms with E-state index in [9.17, 15) is 9.59 Å². The lowest BCUT2D eigenvalue weighted by molar-refractivity contribution is -0.159. The Kier molecular flexibility index (Phi) is 31.8. The van der Waals surface area contributed by atoms with Crippen LogP contribution in [0.2, 0.25) is 0 Å². The van der Waals surface area contributed by atoms with E-state index in [1.54, 1.807) is 11.1 Å². The highest BCUT2D eigenvalue weighted by Gasteiger charge is 2.67. The SMILES string of the molecule is C/C=C1/CC[C@H]2[C@@H]3CC[C@@H]4C[C@H](OP)CC[C@]4(C)C3=CC[C@]12C.CC=C[C@@H](C)C1=CC[C@H]2[C@@H]3CC[C@@H]4C[C@H](OP)CC[C@]4(C)C3=CC[C@]12C.CCC[C@@H](C)C1CC[C@H]2[C@@H]3CC[C@@H]4C[C@H](OP)CC[C@]4(C)C3=CC(=O)[C@]12C.CCC[C@@H](C)C1CC[C@H]2[C@@H]3CC[C@@H]4C[C@H](OP)CC[C@]4(C)C3=CC[C@]12C.CCC[C@@H](C)C1CC[C@H]2[C@@H]3CC[C@@H]4C[C@H](OP)CC[C@]4(C)[C@H]3CC(=O)[C@]12C. The van der Waals surface area contributed by atoms with Gasteiger partial charge in [0.05, 0.1) is 30.5 Å². The molecule has 0 aromatic carbocycles. The number of fused-ring (bicyclic) bond motifs is 25. The Morgan fingerprint density at radius 1 is 0.380 bits per heavy atom. The van der Waals surface area contributed by atoms with E-state index in [1.807, 2.05) is 16.7 Å². The molecule has 129 heavy (non-hydrogen) atoms. The van der Waals surface area contributed by atoms with E-state index >= 15 is 0 Å². The smallest absolute Gasteiger partial charge is 0.162 e. The third-order valence-corrected chi connectivity index (χ3v) is 48.5. The molecule has 20 rings (SSSR count). The highest BCUT2D eigenvalue weighted by Crippen LogP contribution is 2.74. The van der Waals surface area contributed by atoms with Crippen molar-refractivity contribution >= 4 is 58.9 Å². The highest BCUT2D eigenvalue weighted by atomic mass is 31.0. The molecule has 8 unspecified atom stereocenters. The van der Waals surface area contributed by atoms with Crippen LogP contribution in [0.1, 0.15) is 414 Å². The summed E-state index contributed by atoms with van der Waals surface area (Å²) in [7, 11) is 12.5. The summed E-state index contributed by atoms with van der Waals surface area (Å²) >= 11 is 0. The Labute approximate surface area is 802 Å². The fourth-order valence-electron chi connectivity index (χ4n) is 39.1. The van der Waals surface area contributed by atoms with Crippen molar-refractivity contribution in [3.63, 3.8) is 0 Å². The van der Waals surface area contributed by atoms with Crippen LogP contribution in [0.15, 0.2) is 82.0 Å². The van der Waals surface area contributed by atoms with Gasteiger partial charge in [0.2, 0.25) is 0 Å². The summed E-state index contributed by atoms with van der Waals surface area (Å²) in [5, 5.41) is 0. The van der Waals surface area contributed by atoms with Crippen LogP contribution in [0.4, 0.5) is 0 Å². The first kappa shape index (κ1) is 101. The molecule has 0 spiro atoms. The molecule has 0 bridgehead atoms. The van der Waals surface area contributed by atoms with Gasteiger partial charge in [0.1, 0.15) is 5.78 Å². The topological polar surface area (TPSA) is 80.3 Å². The van der Waals surface area contributed by atoms with Crippen molar-refractivity contribution in [3.05, 3.63) is 82.0 Å². The molecule has 0 aliphatic heterocycles. The molecule has 0 radical (unpaired) electrons. The molecule has 0 saturated heterocycles. The van der Waals surface area contributed by atoms with Gasteiger partial charge in [-0.05, 0) is 437 Å². The monoisotopic (exact) mass is 1860 g/mol. The summed E-state index contributed by atoms with van der Waals surface area (Å²) in [6.45, 7) is 46.4. The Balaban J connectivity index is 0.000000118. The minimum atomic E-state index is -0.105. The molecule has 15 saturated carbocycles. The number of Topliss-reactive ketones (excluding diaryl/α,β-unsaturated/α-hetero) is 1. The maximum atomic E-state index is 13.7. The van der Waals surface area contributed by atoms with Gasteiger partial charge >= 0.3 is 0 Å². The maximum Gasteiger partial charge on any atom is 0.162 e. The Morgan fingerprint density at radius 2 is 0.783 bits per heavy atom.